The Labute approximate surface area is 154 Å². The van der Waals surface area contributed by atoms with Crippen LogP contribution in [0, 0.1) is 0 Å². The van der Waals surface area contributed by atoms with E-state index in [1.807, 2.05) is 36.4 Å². The van der Waals surface area contributed by atoms with Gasteiger partial charge in [-0.15, -0.1) is 0 Å². The molecule has 0 spiro atoms. The monoisotopic (exact) mass is 361 g/mol. The van der Waals surface area contributed by atoms with Gasteiger partial charge in [-0.1, -0.05) is 6.07 Å². The lowest BCUT2D eigenvalue weighted by atomic mass is 10.3. The number of aliphatic imine (C=N–C) groups is 1. The summed E-state index contributed by atoms with van der Waals surface area (Å²) in [5, 5.41) is 6.45. The molecule has 7 heteroatoms. The number of rotatable bonds is 11. The number of guanidine groups is 1. The molecule has 0 unspecified atom stereocenters. The highest BCUT2D eigenvalue weighted by molar-refractivity contribution is 5.79. The van der Waals surface area contributed by atoms with Crippen molar-refractivity contribution in [3.8, 4) is 11.5 Å². The smallest absolute Gasteiger partial charge is 0.191 e. The van der Waals surface area contributed by atoms with Crippen LogP contribution in [0.3, 0.4) is 0 Å². The van der Waals surface area contributed by atoms with Crippen molar-refractivity contribution in [2.75, 3.05) is 40.5 Å². The third kappa shape index (κ3) is 7.48. The molecule has 0 saturated carbocycles. The fraction of sp³-hybridized carbons (Fsp3) is 0.421. The lowest BCUT2D eigenvalue weighted by molar-refractivity contribution is 0.105. The molecule has 0 bridgehead atoms. The summed E-state index contributed by atoms with van der Waals surface area (Å²) in [6.45, 7) is 3.10. The Morgan fingerprint density at radius 2 is 1.92 bits per heavy atom. The van der Waals surface area contributed by atoms with E-state index >= 15 is 0 Å². The molecule has 0 amide bonds. The third-order valence-corrected chi connectivity index (χ3v) is 3.51. The van der Waals surface area contributed by atoms with Crippen molar-refractivity contribution in [2.45, 2.75) is 13.0 Å². The van der Waals surface area contributed by atoms with Crippen LogP contribution in [0.5, 0.6) is 11.5 Å². The number of methoxy groups -OCH3 is 1. The van der Waals surface area contributed by atoms with Gasteiger partial charge in [-0.3, -0.25) is 4.99 Å². The van der Waals surface area contributed by atoms with Crippen molar-refractivity contribution in [3.63, 3.8) is 0 Å². The van der Waals surface area contributed by atoms with E-state index < -0.39 is 0 Å². The fourth-order valence-electron chi connectivity index (χ4n) is 2.20. The first kappa shape index (κ1) is 19.7. The van der Waals surface area contributed by atoms with E-state index in [9.17, 15) is 0 Å². The Morgan fingerprint density at radius 1 is 1.08 bits per heavy atom. The van der Waals surface area contributed by atoms with Gasteiger partial charge in [-0.25, -0.2) is 0 Å². The quantitative estimate of drug-likeness (QED) is 0.364. The molecule has 26 heavy (non-hydrogen) atoms. The molecule has 2 aromatic rings. The molecule has 142 valence electrons. The normalized spacial score (nSPS) is 11.2. The zero-order chi connectivity index (χ0) is 18.5. The molecule has 0 aliphatic heterocycles. The Kier molecular flexibility index (Phi) is 8.93. The van der Waals surface area contributed by atoms with Crippen LogP contribution in [0.15, 0.2) is 52.1 Å². The minimum Gasteiger partial charge on any atom is -0.497 e. The summed E-state index contributed by atoms with van der Waals surface area (Å²) >= 11 is 0. The zero-order valence-electron chi connectivity index (χ0n) is 15.4. The predicted octanol–water partition coefficient (Wildman–Crippen LogP) is 2.44. The van der Waals surface area contributed by atoms with Crippen molar-refractivity contribution >= 4 is 5.96 Å². The van der Waals surface area contributed by atoms with E-state index in [1.165, 1.54) is 0 Å². The second kappa shape index (κ2) is 11.8. The molecule has 0 atom stereocenters. The van der Waals surface area contributed by atoms with Crippen LogP contribution in [0.4, 0.5) is 0 Å². The summed E-state index contributed by atoms with van der Waals surface area (Å²) in [7, 11) is 3.38. The number of hydrogen-bond donors (Lipinski definition) is 2. The maximum atomic E-state index is 5.68. The Morgan fingerprint density at radius 3 is 2.69 bits per heavy atom. The van der Waals surface area contributed by atoms with E-state index in [0.717, 1.165) is 36.2 Å². The highest BCUT2D eigenvalue weighted by Crippen LogP contribution is 2.18. The van der Waals surface area contributed by atoms with Crippen LogP contribution >= 0.6 is 0 Å². The topological polar surface area (TPSA) is 77.3 Å². The molecule has 2 rings (SSSR count). The molecule has 1 aromatic heterocycles. The van der Waals surface area contributed by atoms with Crippen LogP contribution in [0.25, 0.3) is 0 Å². The molecular weight excluding hydrogens is 334 g/mol. The van der Waals surface area contributed by atoms with Gasteiger partial charge in [-0.05, 0) is 30.7 Å². The van der Waals surface area contributed by atoms with Gasteiger partial charge in [0.2, 0.25) is 0 Å². The summed E-state index contributed by atoms with van der Waals surface area (Å²) < 4.78 is 21.6. The molecular formula is C19H27N3O4. The molecule has 0 aliphatic rings. The number of benzene rings is 1. The summed E-state index contributed by atoms with van der Waals surface area (Å²) in [6, 6.07) is 11.3. The summed E-state index contributed by atoms with van der Waals surface area (Å²) in [5.74, 6) is 3.14. The van der Waals surface area contributed by atoms with Crippen molar-refractivity contribution in [3.05, 3.63) is 48.4 Å². The summed E-state index contributed by atoms with van der Waals surface area (Å²) in [4.78, 5) is 4.18. The highest BCUT2D eigenvalue weighted by atomic mass is 16.5. The fourth-order valence-corrected chi connectivity index (χ4v) is 2.20. The lowest BCUT2D eigenvalue weighted by Gasteiger charge is -2.13. The van der Waals surface area contributed by atoms with Gasteiger partial charge < -0.3 is 29.3 Å². The first-order chi connectivity index (χ1) is 12.8. The van der Waals surface area contributed by atoms with E-state index in [2.05, 4.69) is 15.6 Å². The van der Waals surface area contributed by atoms with Gasteiger partial charge in [0, 0.05) is 26.3 Å². The zero-order valence-corrected chi connectivity index (χ0v) is 15.4. The minimum absolute atomic E-state index is 0.502. The van der Waals surface area contributed by atoms with E-state index in [0.29, 0.717) is 26.4 Å². The highest BCUT2D eigenvalue weighted by Gasteiger charge is 2.00. The Bertz CT molecular complexity index is 644. The van der Waals surface area contributed by atoms with Gasteiger partial charge in [0.15, 0.2) is 5.96 Å². The molecule has 1 aromatic carbocycles. The van der Waals surface area contributed by atoms with Crippen molar-refractivity contribution < 1.29 is 18.6 Å². The number of nitrogens with one attached hydrogen (secondary N) is 2. The molecule has 7 nitrogen and oxygen atoms in total. The Balaban J connectivity index is 1.52. The molecule has 0 fully saturated rings. The maximum absolute atomic E-state index is 5.68. The van der Waals surface area contributed by atoms with E-state index in [-0.39, 0.29) is 0 Å². The third-order valence-electron chi connectivity index (χ3n) is 3.51. The first-order valence-corrected chi connectivity index (χ1v) is 8.63. The van der Waals surface area contributed by atoms with E-state index in [4.69, 9.17) is 18.6 Å². The van der Waals surface area contributed by atoms with Gasteiger partial charge in [0.1, 0.15) is 30.5 Å². The van der Waals surface area contributed by atoms with Gasteiger partial charge >= 0.3 is 0 Å². The second-order valence-corrected chi connectivity index (χ2v) is 5.44. The average Bonchev–Trinajstić information content (AvgIpc) is 3.19. The van der Waals surface area contributed by atoms with Gasteiger partial charge in [0.25, 0.3) is 0 Å². The van der Waals surface area contributed by atoms with Crippen molar-refractivity contribution in [1.82, 2.24) is 10.6 Å². The maximum Gasteiger partial charge on any atom is 0.191 e. The molecule has 2 N–H and O–H groups in total. The van der Waals surface area contributed by atoms with Crippen LogP contribution in [0.1, 0.15) is 12.2 Å². The molecule has 1 heterocycles. The minimum atomic E-state index is 0.502. The molecule has 0 saturated heterocycles. The van der Waals surface area contributed by atoms with Crippen molar-refractivity contribution in [1.29, 1.82) is 0 Å². The van der Waals surface area contributed by atoms with Crippen LogP contribution in [-0.2, 0) is 11.3 Å². The van der Waals surface area contributed by atoms with Gasteiger partial charge in [0.05, 0.1) is 19.9 Å². The number of furan rings is 1. The molecule has 0 radical (unpaired) electrons. The largest absolute Gasteiger partial charge is 0.497 e. The van der Waals surface area contributed by atoms with Crippen LogP contribution in [0.2, 0.25) is 0 Å². The average molecular weight is 361 g/mol. The molecule has 0 aliphatic carbocycles. The van der Waals surface area contributed by atoms with Crippen molar-refractivity contribution in [2.24, 2.45) is 4.99 Å². The predicted molar refractivity (Wildman–Crippen MR) is 101 cm³/mol. The van der Waals surface area contributed by atoms with Gasteiger partial charge in [-0.2, -0.15) is 0 Å². The first-order valence-electron chi connectivity index (χ1n) is 8.63. The number of hydrogen-bond acceptors (Lipinski definition) is 5. The van der Waals surface area contributed by atoms with Crippen LogP contribution in [-0.4, -0.2) is 46.4 Å². The second-order valence-electron chi connectivity index (χ2n) is 5.44. The standard InChI is InChI=1S/C19H27N3O4/c1-20-19(21-9-5-11-24-15-18-8-4-12-25-18)22-10-13-26-17-7-3-6-16(14-17)23-2/h3-4,6-8,12,14H,5,9-11,13,15H2,1-2H3,(H2,20,21,22). The SMILES string of the molecule is CN=C(NCCCOCc1ccco1)NCCOc1cccc(OC)c1. The van der Waals surface area contributed by atoms with Crippen LogP contribution < -0.4 is 20.1 Å². The summed E-state index contributed by atoms with van der Waals surface area (Å²) in [6.07, 6.45) is 2.52. The Hall–Kier alpha value is -2.67. The summed E-state index contributed by atoms with van der Waals surface area (Å²) in [5.41, 5.74) is 0. The lowest BCUT2D eigenvalue weighted by Crippen LogP contribution is -2.39. The van der Waals surface area contributed by atoms with E-state index in [1.54, 1.807) is 20.4 Å². The number of nitrogens with zero attached hydrogens (tertiary/aromatic N) is 1. The number of ether oxygens (including phenoxy) is 3.